The van der Waals surface area contributed by atoms with E-state index >= 15 is 0 Å². The lowest BCUT2D eigenvalue weighted by Crippen LogP contribution is -2.34. The van der Waals surface area contributed by atoms with Crippen LogP contribution in [-0.4, -0.2) is 25.5 Å². The number of anilines is 1. The van der Waals surface area contributed by atoms with E-state index in [-0.39, 0.29) is 11.8 Å². The molecule has 0 radical (unpaired) electrons. The number of benzene rings is 1. The SMILES string of the molecule is O=C(NC[C@H]1CCN(c2ccc(Cl)cc2)C1)C1CCCC1. The van der Waals surface area contributed by atoms with Crippen LogP contribution in [0.25, 0.3) is 0 Å². The average molecular weight is 307 g/mol. The molecule has 1 saturated heterocycles. The number of carbonyl (C=O) groups is 1. The Morgan fingerprint density at radius 3 is 2.62 bits per heavy atom. The molecule has 0 aromatic heterocycles. The van der Waals surface area contributed by atoms with E-state index in [1.54, 1.807) is 0 Å². The summed E-state index contributed by atoms with van der Waals surface area (Å²) in [6.07, 6.45) is 5.73. The molecule has 1 heterocycles. The Morgan fingerprint density at radius 2 is 1.90 bits per heavy atom. The smallest absolute Gasteiger partial charge is 0.223 e. The minimum atomic E-state index is 0.275. The van der Waals surface area contributed by atoms with Gasteiger partial charge in [-0.25, -0.2) is 0 Å². The van der Waals surface area contributed by atoms with Crippen molar-refractivity contribution >= 4 is 23.2 Å². The molecule has 1 amide bonds. The Hall–Kier alpha value is -1.22. The fourth-order valence-electron chi connectivity index (χ4n) is 3.46. The second kappa shape index (κ2) is 6.69. The maximum Gasteiger partial charge on any atom is 0.223 e. The van der Waals surface area contributed by atoms with Crippen LogP contribution >= 0.6 is 11.6 Å². The summed E-state index contributed by atoms with van der Waals surface area (Å²) in [6, 6.07) is 8.02. The van der Waals surface area contributed by atoms with Crippen LogP contribution in [0.5, 0.6) is 0 Å². The van der Waals surface area contributed by atoms with Crippen LogP contribution in [0.3, 0.4) is 0 Å². The predicted molar refractivity (Wildman–Crippen MR) is 86.7 cm³/mol. The summed E-state index contributed by atoms with van der Waals surface area (Å²) in [4.78, 5) is 14.4. The molecule has 1 atom stereocenters. The van der Waals surface area contributed by atoms with E-state index in [0.29, 0.717) is 5.92 Å². The first-order chi connectivity index (χ1) is 10.2. The number of halogens is 1. The van der Waals surface area contributed by atoms with Crippen molar-refractivity contribution in [3.05, 3.63) is 29.3 Å². The molecule has 4 heteroatoms. The van der Waals surface area contributed by atoms with Crippen LogP contribution in [0, 0.1) is 11.8 Å². The second-order valence-corrected chi connectivity index (χ2v) is 6.74. The molecule has 1 aliphatic heterocycles. The lowest BCUT2D eigenvalue weighted by molar-refractivity contribution is -0.124. The van der Waals surface area contributed by atoms with Crippen LogP contribution in [0.2, 0.25) is 5.02 Å². The van der Waals surface area contributed by atoms with E-state index in [9.17, 15) is 4.79 Å². The normalized spacial score (nSPS) is 22.7. The molecule has 1 saturated carbocycles. The maximum absolute atomic E-state index is 12.1. The largest absolute Gasteiger partial charge is 0.371 e. The van der Waals surface area contributed by atoms with Crippen LogP contribution in [0.4, 0.5) is 5.69 Å². The number of hydrogen-bond donors (Lipinski definition) is 1. The molecule has 114 valence electrons. The average Bonchev–Trinajstić information content (AvgIpc) is 3.17. The van der Waals surface area contributed by atoms with Crippen molar-refractivity contribution in [3.8, 4) is 0 Å². The number of hydrogen-bond acceptors (Lipinski definition) is 2. The first-order valence-corrected chi connectivity index (χ1v) is 8.38. The van der Waals surface area contributed by atoms with E-state index in [1.807, 2.05) is 12.1 Å². The molecule has 1 N–H and O–H groups in total. The van der Waals surface area contributed by atoms with Crippen molar-refractivity contribution in [2.45, 2.75) is 32.1 Å². The van der Waals surface area contributed by atoms with Gasteiger partial charge in [-0.15, -0.1) is 0 Å². The first kappa shape index (κ1) is 14.7. The Balaban J connectivity index is 1.46. The summed E-state index contributed by atoms with van der Waals surface area (Å²) in [7, 11) is 0. The van der Waals surface area contributed by atoms with Gasteiger partial charge in [-0.3, -0.25) is 4.79 Å². The second-order valence-electron chi connectivity index (χ2n) is 6.30. The molecular weight excluding hydrogens is 284 g/mol. The molecule has 0 spiro atoms. The molecule has 3 rings (SSSR count). The molecule has 1 aliphatic carbocycles. The highest BCUT2D eigenvalue weighted by Gasteiger charge is 2.26. The Labute approximate surface area is 131 Å². The lowest BCUT2D eigenvalue weighted by Gasteiger charge is -2.19. The molecule has 0 bridgehead atoms. The van der Waals surface area contributed by atoms with Crippen molar-refractivity contribution in [1.82, 2.24) is 5.32 Å². The van der Waals surface area contributed by atoms with E-state index in [4.69, 9.17) is 11.6 Å². The molecule has 21 heavy (non-hydrogen) atoms. The van der Waals surface area contributed by atoms with Gasteiger partial charge in [0, 0.05) is 36.3 Å². The van der Waals surface area contributed by atoms with Gasteiger partial charge < -0.3 is 10.2 Å². The first-order valence-electron chi connectivity index (χ1n) is 8.00. The molecule has 0 unspecified atom stereocenters. The molecule has 3 nitrogen and oxygen atoms in total. The number of carbonyl (C=O) groups excluding carboxylic acids is 1. The minimum Gasteiger partial charge on any atom is -0.371 e. The van der Waals surface area contributed by atoms with Gasteiger partial charge in [0.2, 0.25) is 5.91 Å². The Morgan fingerprint density at radius 1 is 1.19 bits per heavy atom. The van der Waals surface area contributed by atoms with Crippen LogP contribution in [0.15, 0.2) is 24.3 Å². The van der Waals surface area contributed by atoms with Crippen LogP contribution in [0.1, 0.15) is 32.1 Å². The van der Waals surface area contributed by atoms with Gasteiger partial charge in [-0.1, -0.05) is 24.4 Å². The number of rotatable bonds is 4. The van der Waals surface area contributed by atoms with Crippen molar-refractivity contribution in [1.29, 1.82) is 0 Å². The van der Waals surface area contributed by atoms with Crippen molar-refractivity contribution in [3.63, 3.8) is 0 Å². The van der Waals surface area contributed by atoms with Gasteiger partial charge in [0.15, 0.2) is 0 Å². The monoisotopic (exact) mass is 306 g/mol. The topological polar surface area (TPSA) is 32.3 Å². The third kappa shape index (κ3) is 3.70. The van der Waals surface area contributed by atoms with Gasteiger partial charge in [0.05, 0.1) is 0 Å². The Kier molecular flexibility index (Phi) is 4.69. The molecule has 2 fully saturated rings. The Bertz CT molecular complexity index is 482. The van der Waals surface area contributed by atoms with Crippen LogP contribution in [-0.2, 0) is 4.79 Å². The number of amides is 1. The zero-order valence-electron chi connectivity index (χ0n) is 12.4. The van der Waals surface area contributed by atoms with E-state index < -0.39 is 0 Å². The van der Waals surface area contributed by atoms with E-state index in [2.05, 4.69) is 22.3 Å². The van der Waals surface area contributed by atoms with Crippen LogP contribution < -0.4 is 10.2 Å². The summed E-state index contributed by atoms with van der Waals surface area (Å²) in [5.41, 5.74) is 1.23. The highest BCUT2D eigenvalue weighted by atomic mass is 35.5. The minimum absolute atomic E-state index is 0.275. The fraction of sp³-hybridized carbons (Fsp3) is 0.588. The highest BCUT2D eigenvalue weighted by molar-refractivity contribution is 6.30. The maximum atomic E-state index is 12.1. The third-order valence-electron chi connectivity index (χ3n) is 4.77. The van der Waals surface area contributed by atoms with Crippen molar-refractivity contribution < 1.29 is 4.79 Å². The molecule has 2 aliphatic rings. The van der Waals surface area contributed by atoms with E-state index in [1.165, 1.54) is 18.5 Å². The molecule has 1 aromatic carbocycles. The lowest BCUT2D eigenvalue weighted by atomic mass is 10.1. The number of nitrogens with zero attached hydrogens (tertiary/aromatic N) is 1. The zero-order chi connectivity index (χ0) is 14.7. The third-order valence-corrected chi connectivity index (χ3v) is 5.02. The van der Waals surface area contributed by atoms with Crippen molar-refractivity contribution in [2.75, 3.05) is 24.5 Å². The summed E-state index contributed by atoms with van der Waals surface area (Å²) >= 11 is 5.93. The highest BCUT2D eigenvalue weighted by Crippen LogP contribution is 2.26. The summed E-state index contributed by atoms with van der Waals surface area (Å²) < 4.78 is 0. The fourth-order valence-corrected chi connectivity index (χ4v) is 3.59. The van der Waals surface area contributed by atoms with Gasteiger partial charge in [-0.2, -0.15) is 0 Å². The zero-order valence-corrected chi connectivity index (χ0v) is 13.1. The van der Waals surface area contributed by atoms with E-state index in [0.717, 1.165) is 43.9 Å². The predicted octanol–water partition coefficient (Wildman–Crippen LogP) is 3.47. The quantitative estimate of drug-likeness (QED) is 0.924. The standard InChI is InChI=1S/C17H23ClN2O/c18-15-5-7-16(8-6-15)20-10-9-13(12-20)11-19-17(21)14-3-1-2-4-14/h5-8,13-14H,1-4,9-12H2,(H,19,21)/t13-/m1/s1. The summed E-state index contributed by atoms with van der Waals surface area (Å²) in [5, 5.41) is 3.94. The van der Waals surface area contributed by atoms with Gasteiger partial charge in [-0.05, 0) is 49.4 Å². The van der Waals surface area contributed by atoms with Gasteiger partial charge in [0.25, 0.3) is 0 Å². The number of nitrogens with one attached hydrogen (secondary N) is 1. The molecular formula is C17H23ClN2O. The summed E-state index contributed by atoms with van der Waals surface area (Å²) in [6.45, 7) is 2.90. The van der Waals surface area contributed by atoms with Crippen molar-refractivity contribution in [2.24, 2.45) is 11.8 Å². The van der Waals surface area contributed by atoms with Gasteiger partial charge in [0.1, 0.15) is 0 Å². The van der Waals surface area contributed by atoms with Gasteiger partial charge >= 0.3 is 0 Å². The summed E-state index contributed by atoms with van der Waals surface area (Å²) in [5.74, 6) is 1.11. The molecule has 1 aromatic rings.